The number of aromatic carboxylic acids is 1. The fraction of sp³-hybridized carbons (Fsp3) is 0.0526. The summed E-state index contributed by atoms with van der Waals surface area (Å²) in [5, 5.41) is 9.62. The summed E-state index contributed by atoms with van der Waals surface area (Å²) in [5.74, 6) is -0.170. The third-order valence-corrected chi connectivity index (χ3v) is 4.24. The number of ether oxygens (including phenoxy) is 1. The summed E-state index contributed by atoms with van der Waals surface area (Å²) in [5.41, 5.74) is 1.31. The normalized spacial score (nSPS) is 10.3. The summed E-state index contributed by atoms with van der Waals surface area (Å²) >= 11 is 1.47. The van der Waals surface area contributed by atoms with Gasteiger partial charge in [-0.25, -0.2) is 9.78 Å². The summed E-state index contributed by atoms with van der Waals surface area (Å²) in [6, 6.07) is 21.0. The van der Waals surface area contributed by atoms with E-state index in [2.05, 4.69) is 4.98 Å². The maximum atomic E-state index is 10.8. The number of pyridine rings is 1. The Bertz CT molecular complexity index is 802. The van der Waals surface area contributed by atoms with Gasteiger partial charge in [-0.05, 0) is 42.0 Å². The molecule has 0 amide bonds. The third-order valence-electron chi connectivity index (χ3n) is 3.28. The van der Waals surface area contributed by atoms with Gasteiger partial charge in [-0.2, -0.15) is 0 Å². The molecule has 0 aliphatic rings. The summed E-state index contributed by atoms with van der Waals surface area (Å²) in [6.07, 6.45) is 1.36. The molecule has 120 valence electrons. The van der Waals surface area contributed by atoms with Crippen LogP contribution in [-0.2, 0) is 6.61 Å². The van der Waals surface area contributed by atoms with E-state index < -0.39 is 5.97 Å². The van der Waals surface area contributed by atoms with Crippen LogP contribution in [0.4, 0.5) is 0 Å². The van der Waals surface area contributed by atoms with Crippen molar-refractivity contribution in [1.29, 1.82) is 0 Å². The lowest BCUT2D eigenvalue weighted by atomic mass is 10.2. The van der Waals surface area contributed by atoms with Crippen molar-refractivity contribution in [1.82, 2.24) is 4.98 Å². The molecule has 0 aliphatic heterocycles. The van der Waals surface area contributed by atoms with E-state index in [0.717, 1.165) is 21.2 Å². The molecular formula is C19H15NO3S. The Labute approximate surface area is 144 Å². The molecule has 5 heteroatoms. The first-order valence-electron chi connectivity index (χ1n) is 7.35. The summed E-state index contributed by atoms with van der Waals surface area (Å²) in [4.78, 5) is 16.0. The molecule has 3 aromatic rings. The molecule has 0 fully saturated rings. The number of aromatic nitrogens is 1. The number of hydrogen-bond acceptors (Lipinski definition) is 4. The van der Waals surface area contributed by atoms with E-state index in [1.165, 1.54) is 18.0 Å². The van der Waals surface area contributed by atoms with E-state index in [0.29, 0.717) is 6.61 Å². The highest BCUT2D eigenvalue weighted by molar-refractivity contribution is 7.99. The highest BCUT2D eigenvalue weighted by Crippen LogP contribution is 2.27. The summed E-state index contributed by atoms with van der Waals surface area (Å²) in [7, 11) is 0. The minimum atomic E-state index is -0.973. The van der Waals surface area contributed by atoms with Gasteiger partial charge in [0.15, 0.2) is 0 Å². The highest BCUT2D eigenvalue weighted by atomic mass is 32.2. The van der Waals surface area contributed by atoms with Gasteiger partial charge in [0.25, 0.3) is 0 Å². The van der Waals surface area contributed by atoms with E-state index in [1.807, 2.05) is 54.6 Å². The molecule has 0 spiro atoms. The van der Waals surface area contributed by atoms with Gasteiger partial charge >= 0.3 is 5.97 Å². The molecule has 2 aromatic carbocycles. The second-order valence-electron chi connectivity index (χ2n) is 5.04. The van der Waals surface area contributed by atoms with Crippen LogP contribution in [0.5, 0.6) is 5.75 Å². The van der Waals surface area contributed by atoms with E-state index in [-0.39, 0.29) is 5.56 Å². The average Bonchev–Trinajstić information content (AvgIpc) is 2.62. The van der Waals surface area contributed by atoms with Crippen molar-refractivity contribution < 1.29 is 14.6 Å². The van der Waals surface area contributed by atoms with Crippen LogP contribution >= 0.6 is 11.8 Å². The van der Waals surface area contributed by atoms with E-state index in [1.54, 1.807) is 12.1 Å². The Hall–Kier alpha value is -2.79. The first-order valence-corrected chi connectivity index (χ1v) is 8.16. The molecule has 0 atom stereocenters. The van der Waals surface area contributed by atoms with E-state index in [4.69, 9.17) is 9.84 Å². The maximum Gasteiger partial charge on any atom is 0.337 e. The predicted octanol–water partition coefficient (Wildman–Crippen LogP) is 4.51. The lowest BCUT2D eigenvalue weighted by molar-refractivity contribution is 0.0696. The fourth-order valence-corrected chi connectivity index (χ4v) is 2.79. The Morgan fingerprint density at radius 1 is 1.00 bits per heavy atom. The second kappa shape index (κ2) is 7.66. The minimum absolute atomic E-state index is 0.184. The average molecular weight is 337 g/mol. The first-order chi connectivity index (χ1) is 11.7. The number of benzene rings is 2. The third kappa shape index (κ3) is 4.36. The number of hydrogen-bond donors (Lipinski definition) is 1. The van der Waals surface area contributed by atoms with Crippen LogP contribution in [0.25, 0.3) is 0 Å². The van der Waals surface area contributed by atoms with Crippen molar-refractivity contribution in [3.63, 3.8) is 0 Å². The van der Waals surface area contributed by atoms with Crippen LogP contribution in [0.3, 0.4) is 0 Å². The van der Waals surface area contributed by atoms with Crippen LogP contribution in [0.1, 0.15) is 15.9 Å². The minimum Gasteiger partial charge on any atom is -0.489 e. The van der Waals surface area contributed by atoms with Crippen LogP contribution in [0.2, 0.25) is 0 Å². The Kier molecular flexibility index (Phi) is 5.13. The molecular weight excluding hydrogens is 322 g/mol. The van der Waals surface area contributed by atoms with Gasteiger partial charge in [-0.15, -0.1) is 0 Å². The quantitative estimate of drug-likeness (QED) is 0.717. The molecule has 0 unspecified atom stereocenters. The van der Waals surface area contributed by atoms with Gasteiger partial charge in [0.1, 0.15) is 17.4 Å². The van der Waals surface area contributed by atoms with E-state index >= 15 is 0 Å². The topological polar surface area (TPSA) is 59.4 Å². The number of carbonyl (C=O) groups is 1. The molecule has 4 nitrogen and oxygen atoms in total. The number of rotatable bonds is 6. The van der Waals surface area contributed by atoms with Gasteiger partial charge in [0, 0.05) is 11.1 Å². The number of carboxylic acid groups (broad SMARTS) is 1. The zero-order chi connectivity index (χ0) is 16.8. The largest absolute Gasteiger partial charge is 0.489 e. The van der Waals surface area contributed by atoms with Crippen LogP contribution < -0.4 is 4.74 Å². The van der Waals surface area contributed by atoms with Gasteiger partial charge in [-0.3, -0.25) is 0 Å². The van der Waals surface area contributed by atoms with Gasteiger partial charge in [-0.1, -0.05) is 42.1 Å². The van der Waals surface area contributed by atoms with Crippen LogP contribution in [-0.4, -0.2) is 16.1 Å². The van der Waals surface area contributed by atoms with Crippen molar-refractivity contribution in [2.75, 3.05) is 0 Å². The van der Waals surface area contributed by atoms with E-state index in [9.17, 15) is 4.79 Å². The molecule has 3 rings (SSSR count). The van der Waals surface area contributed by atoms with Crippen LogP contribution in [0, 0.1) is 0 Å². The van der Waals surface area contributed by atoms with Crippen molar-refractivity contribution in [3.8, 4) is 5.75 Å². The molecule has 0 saturated heterocycles. The maximum absolute atomic E-state index is 10.8. The number of carboxylic acids is 1. The lowest BCUT2D eigenvalue weighted by Crippen LogP contribution is -1.96. The van der Waals surface area contributed by atoms with Crippen molar-refractivity contribution >= 4 is 17.7 Å². The van der Waals surface area contributed by atoms with Gasteiger partial charge < -0.3 is 9.84 Å². The number of nitrogens with zero attached hydrogens (tertiary/aromatic N) is 1. The van der Waals surface area contributed by atoms with Crippen molar-refractivity contribution in [3.05, 3.63) is 84.1 Å². The SMILES string of the molecule is O=C(O)c1ccc(Sc2ccc(OCc3ccccc3)cc2)nc1. The first kappa shape index (κ1) is 16.1. The highest BCUT2D eigenvalue weighted by Gasteiger charge is 2.04. The van der Waals surface area contributed by atoms with Gasteiger partial charge in [0.2, 0.25) is 0 Å². The van der Waals surface area contributed by atoms with Gasteiger partial charge in [0.05, 0.1) is 5.56 Å². The van der Waals surface area contributed by atoms with Crippen LogP contribution in [0.15, 0.2) is 82.8 Å². The molecule has 0 bridgehead atoms. The predicted molar refractivity (Wildman–Crippen MR) is 92.5 cm³/mol. The molecule has 24 heavy (non-hydrogen) atoms. The Morgan fingerprint density at radius 3 is 2.38 bits per heavy atom. The lowest BCUT2D eigenvalue weighted by Gasteiger charge is -2.07. The summed E-state index contributed by atoms with van der Waals surface area (Å²) in [6.45, 7) is 0.533. The van der Waals surface area contributed by atoms with Crippen molar-refractivity contribution in [2.45, 2.75) is 16.5 Å². The standard InChI is InChI=1S/C19H15NO3S/c21-19(22)15-6-11-18(20-12-15)24-17-9-7-16(8-10-17)23-13-14-4-2-1-3-5-14/h1-12H,13H2,(H,21,22). The fourth-order valence-electron chi connectivity index (χ4n) is 2.03. The molecule has 1 N–H and O–H groups in total. The molecule has 1 heterocycles. The summed E-state index contributed by atoms with van der Waals surface area (Å²) < 4.78 is 5.75. The van der Waals surface area contributed by atoms with Crippen molar-refractivity contribution in [2.24, 2.45) is 0 Å². The smallest absolute Gasteiger partial charge is 0.337 e. The zero-order valence-corrected chi connectivity index (χ0v) is 13.6. The molecule has 0 saturated carbocycles. The zero-order valence-electron chi connectivity index (χ0n) is 12.8. The molecule has 1 aromatic heterocycles. The monoisotopic (exact) mass is 337 g/mol. The second-order valence-corrected chi connectivity index (χ2v) is 6.13. The Morgan fingerprint density at radius 2 is 1.75 bits per heavy atom. The Balaban J connectivity index is 1.59. The molecule has 0 radical (unpaired) electrons. The molecule has 0 aliphatic carbocycles.